The van der Waals surface area contributed by atoms with Gasteiger partial charge in [0, 0.05) is 5.92 Å². The van der Waals surface area contributed by atoms with Crippen LogP contribution in [0.25, 0.3) is 0 Å². The van der Waals surface area contributed by atoms with E-state index in [4.69, 9.17) is 0 Å². The monoisotopic (exact) mass is 296 g/mol. The van der Waals surface area contributed by atoms with Gasteiger partial charge < -0.3 is 5.11 Å². The van der Waals surface area contributed by atoms with Crippen molar-refractivity contribution in [3.63, 3.8) is 0 Å². The first-order valence-corrected chi connectivity index (χ1v) is 8.50. The van der Waals surface area contributed by atoms with Gasteiger partial charge in [-0.2, -0.15) is 0 Å². The Balaban J connectivity index is 2.20. The van der Waals surface area contributed by atoms with Gasteiger partial charge in [0.2, 0.25) is 15.3 Å². The Kier molecular flexibility index (Phi) is 4.60. The van der Waals surface area contributed by atoms with Crippen LogP contribution in [-0.4, -0.2) is 24.7 Å². The standard InChI is InChI=1S/C15H20O4S/c1-11-7-9-13(10-8-11)20(18,19)15(17)14(16)12-5-3-2-4-6-12/h7-10,12,15,17H,2-6H2,1H3. The lowest BCUT2D eigenvalue weighted by Crippen LogP contribution is -2.35. The highest BCUT2D eigenvalue weighted by molar-refractivity contribution is 7.92. The quantitative estimate of drug-likeness (QED) is 0.925. The lowest BCUT2D eigenvalue weighted by atomic mass is 9.86. The lowest BCUT2D eigenvalue weighted by Gasteiger charge is -2.22. The second-order valence-electron chi connectivity index (χ2n) is 5.45. The summed E-state index contributed by atoms with van der Waals surface area (Å²) >= 11 is 0. The molecule has 1 unspecified atom stereocenters. The minimum Gasteiger partial charge on any atom is -0.371 e. The summed E-state index contributed by atoms with van der Waals surface area (Å²) < 4.78 is 24.5. The summed E-state index contributed by atoms with van der Waals surface area (Å²) in [6.45, 7) is 1.85. The Morgan fingerprint density at radius 1 is 1.15 bits per heavy atom. The summed E-state index contributed by atoms with van der Waals surface area (Å²) in [7, 11) is -4.00. The summed E-state index contributed by atoms with van der Waals surface area (Å²) in [5.74, 6) is -0.871. The van der Waals surface area contributed by atoms with E-state index >= 15 is 0 Å². The molecule has 1 aromatic carbocycles. The molecular weight excluding hydrogens is 276 g/mol. The van der Waals surface area contributed by atoms with Crippen LogP contribution in [0.15, 0.2) is 29.2 Å². The fraction of sp³-hybridized carbons (Fsp3) is 0.533. The largest absolute Gasteiger partial charge is 0.371 e. The number of carbonyl (C=O) groups is 1. The molecular formula is C15H20O4S. The van der Waals surface area contributed by atoms with E-state index < -0.39 is 21.1 Å². The van der Waals surface area contributed by atoms with E-state index in [1.165, 1.54) is 12.1 Å². The first-order chi connectivity index (χ1) is 9.43. The number of rotatable bonds is 4. The highest BCUT2D eigenvalue weighted by Crippen LogP contribution is 2.27. The third-order valence-corrected chi connectivity index (χ3v) is 5.64. The van der Waals surface area contributed by atoms with Gasteiger partial charge in [0.15, 0.2) is 5.78 Å². The molecule has 0 bridgehead atoms. The highest BCUT2D eigenvalue weighted by atomic mass is 32.2. The molecule has 0 amide bonds. The van der Waals surface area contributed by atoms with E-state index in [1.54, 1.807) is 12.1 Å². The van der Waals surface area contributed by atoms with Crippen LogP contribution < -0.4 is 0 Å². The van der Waals surface area contributed by atoms with Gasteiger partial charge in [0.1, 0.15) is 0 Å². The predicted octanol–water partition coefficient (Wildman–Crippen LogP) is 2.24. The Morgan fingerprint density at radius 2 is 1.70 bits per heavy atom. The molecule has 1 aromatic rings. The minimum atomic E-state index is -4.00. The van der Waals surface area contributed by atoms with Crippen LogP contribution in [-0.2, 0) is 14.6 Å². The summed E-state index contributed by atoms with van der Waals surface area (Å²) in [6.07, 6.45) is 4.28. The molecule has 0 saturated heterocycles. The van der Waals surface area contributed by atoms with Gasteiger partial charge in [-0.1, -0.05) is 37.0 Å². The number of carbonyl (C=O) groups excluding carboxylic acids is 1. The first kappa shape index (κ1) is 15.2. The normalized spacial score (nSPS) is 18.7. The first-order valence-electron chi connectivity index (χ1n) is 6.95. The predicted molar refractivity (Wildman–Crippen MR) is 76.0 cm³/mol. The van der Waals surface area contributed by atoms with Crippen molar-refractivity contribution in [2.24, 2.45) is 5.92 Å². The summed E-state index contributed by atoms with van der Waals surface area (Å²) in [4.78, 5) is 12.2. The van der Waals surface area contributed by atoms with E-state index in [2.05, 4.69) is 0 Å². The molecule has 20 heavy (non-hydrogen) atoms. The van der Waals surface area contributed by atoms with Crippen LogP contribution >= 0.6 is 0 Å². The molecule has 0 radical (unpaired) electrons. The summed E-state index contributed by atoms with van der Waals surface area (Å²) in [5.41, 5.74) is -1.01. The molecule has 1 fully saturated rings. The maximum absolute atomic E-state index is 12.3. The summed E-state index contributed by atoms with van der Waals surface area (Å²) in [5, 5.41) is 9.98. The van der Waals surface area contributed by atoms with Gasteiger partial charge in [-0.15, -0.1) is 0 Å². The lowest BCUT2D eigenvalue weighted by molar-refractivity contribution is -0.128. The molecule has 1 aliphatic rings. The van der Waals surface area contributed by atoms with Crippen molar-refractivity contribution in [3.05, 3.63) is 29.8 Å². The number of hydrogen-bond acceptors (Lipinski definition) is 4. The zero-order valence-electron chi connectivity index (χ0n) is 11.6. The van der Waals surface area contributed by atoms with Crippen LogP contribution in [0.5, 0.6) is 0 Å². The Hall–Kier alpha value is -1.20. The van der Waals surface area contributed by atoms with Gasteiger partial charge in [0.25, 0.3) is 0 Å². The van der Waals surface area contributed by atoms with E-state index in [0.29, 0.717) is 12.8 Å². The fourth-order valence-corrected chi connectivity index (χ4v) is 3.87. The van der Waals surface area contributed by atoms with E-state index in [-0.39, 0.29) is 10.8 Å². The maximum Gasteiger partial charge on any atom is 0.219 e. The van der Waals surface area contributed by atoms with Gasteiger partial charge in [-0.05, 0) is 31.9 Å². The second kappa shape index (κ2) is 6.06. The average molecular weight is 296 g/mol. The number of aryl methyl sites for hydroxylation is 1. The molecule has 1 saturated carbocycles. The molecule has 0 heterocycles. The van der Waals surface area contributed by atoms with Gasteiger partial charge in [-0.3, -0.25) is 4.79 Å². The molecule has 1 aliphatic carbocycles. The maximum atomic E-state index is 12.3. The van der Waals surface area contributed by atoms with Crippen LogP contribution in [0.2, 0.25) is 0 Å². The molecule has 5 heteroatoms. The second-order valence-corrected chi connectivity index (χ2v) is 7.46. The number of aliphatic hydroxyl groups excluding tert-OH is 1. The van der Waals surface area contributed by atoms with Crippen molar-refractivity contribution in [1.82, 2.24) is 0 Å². The van der Waals surface area contributed by atoms with Crippen LogP contribution in [0.1, 0.15) is 37.7 Å². The van der Waals surface area contributed by atoms with E-state index in [1.807, 2.05) is 6.92 Å². The van der Waals surface area contributed by atoms with Crippen molar-refractivity contribution in [2.45, 2.75) is 49.4 Å². The number of benzene rings is 1. The van der Waals surface area contributed by atoms with Crippen LogP contribution in [0.4, 0.5) is 0 Å². The number of hydrogen-bond donors (Lipinski definition) is 1. The Bertz CT molecular complexity index is 568. The number of aliphatic hydroxyl groups is 1. The van der Waals surface area contributed by atoms with Gasteiger partial charge >= 0.3 is 0 Å². The Morgan fingerprint density at radius 3 is 2.25 bits per heavy atom. The average Bonchev–Trinajstić information content (AvgIpc) is 2.47. The van der Waals surface area contributed by atoms with Crippen LogP contribution in [0, 0.1) is 12.8 Å². The van der Waals surface area contributed by atoms with Crippen LogP contribution in [0.3, 0.4) is 0 Å². The molecule has 1 N–H and O–H groups in total. The zero-order valence-corrected chi connectivity index (χ0v) is 12.4. The molecule has 0 aliphatic heterocycles. The molecule has 1 atom stereocenters. The van der Waals surface area contributed by atoms with Gasteiger partial charge in [-0.25, -0.2) is 8.42 Å². The Labute approximate surface area is 119 Å². The molecule has 0 aromatic heterocycles. The molecule has 110 valence electrons. The number of Topliss-reactive ketones (excluding diaryl/α,β-unsaturated/α-hetero) is 1. The third-order valence-electron chi connectivity index (χ3n) is 3.89. The minimum absolute atomic E-state index is 0.000223. The van der Waals surface area contributed by atoms with Crippen molar-refractivity contribution in [2.75, 3.05) is 0 Å². The smallest absolute Gasteiger partial charge is 0.219 e. The molecule has 2 rings (SSSR count). The topological polar surface area (TPSA) is 71.4 Å². The van der Waals surface area contributed by atoms with Crippen molar-refractivity contribution in [3.8, 4) is 0 Å². The highest BCUT2D eigenvalue weighted by Gasteiger charge is 2.36. The SMILES string of the molecule is Cc1ccc(S(=O)(=O)C(O)C(=O)C2CCCCC2)cc1. The van der Waals surface area contributed by atoms with Crippen molar-refractivity contribution < 1.29 is 18.3 Å². The third kappa shape index (κ3) is 3.10. The van der Waals surface area contributed by atoms with E-state index in [9.17, 15) is 18.3 Å². The molecule has 4 nitrogen and oxygen atoms in total. The fourth-order valence-electron chi connectivity index (χ4n) is 2.60. The number of ketones is 1. The van der Waals surface area contributed by atoms with Crippen molar-refractivity contribution in [1.29, 1.82) is 0 Å². The number of sulfone groups is 1. The molecule has 0 spiro atoms. The van der Waals surface area contributed by atoms with Gasteiger partial charge in [0.05, 0.1) is 4.90 Å². The van der Waals surface area contributed by atoms with E-state index in [0.717, 1.165) is 24.8 Å². The van der Waals surface area contributed by atoms with Crippen molar-refractivity contribution >= 4 is 15.6 Å². The summed E-state index contributed by atoms with van der Waals surface area (Å²) in [6, 6.07) is 6.18. The zero-order chi connectivity index (χ0) is 14.8.